The van der Waals surface area contributed by atoms with Crippen LogP contribution in [0.2, 0.25) is 0 Å². The maximum absolute atomic E-state index is 11.5. The van der Waals surface area contributed by atoms with E-state index >= 15 is 0 Å². The Hall–Kier alpha value is -1.61. The van der Waals surface area contributed by atoms with E-state index < -0.39 is 0 Å². The average molecular weight is 247 g/mol. The van der Waals surface area contributed by atoms with Crippen LogP contribution in [0.4, 0.5) is 0 Å². The Morgan fingerprint density at radius 3 is 2.89 bits per heavy atom. The molecule has 0 aliphatic rings. The number of hydrogen-bond acceptors (Lipinski definition) is 3. The summed E-state index contributed by atoms with van der Waals surface area (Å²) in [5, 5.41) is 3.02. The van der Waals surface area contributed by atoms with Crippen LogP contribution in [0.15, 0.2) is 30.3 Å². The second-order valence-electron chi connectivity index (χ2n) is 4.41. The highest BCUT2D eigenvalue weighted by Crippen LogP contribution is 2.14. The molecule has 0 heterocycles. The molecule has 1 rings (SSSR count). The van der Waals surface area contributed by atoms with Crippen LogP contribution >= 0.6 is 0 Å². The number of allylic oxidation sites excluding steroid dienone is 1. The molecule has 0 bridgehead atoms. The molecule has 0 amide bonds. The summed E-state index contributed by atoms with van der Waals surface area (Å²) in [6, 6.07) is 7.72. The van der Waals surface area contributed by atoms with Gasteiger partial charge in [0, 0.05) is 12.5 Å². The first-order chi connectivity index (χ1) is 8.63. The summed E-state index contributed by atoms with van der Waals surface area (Å²) in [5.41, 5.74) is 0.978. The molecule has 0 aromatic heterocycles. The van der Waals surface area contributed by atoms with E-state index in [4.69, 9.17) is 4.74 Å². The summed E-state index contributed by atoms with van der Waals surface area (Å²) in [5.74, 6) is 0.997. The molecule has 0 atom stereocenters. The quantitative estimate of drug-likeness (QED) is 0.594. The lowest BCUT2D eigenvalue weighted by Crippen LogP contribution is -2.15. The van der Waals surface area contributed by atoms with Crippen molar-refractivity contribution < 1.29 is 9.53 Å². The second-order valence-corrected chi connectivity index (χ2v) is 4.41. The number of carbonyl (C=O) groups is 1. The van der Waals surface area contributed by atoms with Gasteiger partial charge in [-0.25, -0.2) is 0 Å². The Kier molecular flexibility index (Phi) is 6.15. The monoisotopic (exact) mass is 247 g/mol. The molecule has 0 aliphatic heterocycles. The van der Waals surface area contributed by atoms with Crippen molar-refractivity contribution >= 4 is 11.9 Å². The fourth-order valence-electron chi connectivity index (χ4n) is 1.35. The van der Waals surface area contributed by atoms with E-state index in [1.807, 2.05) is 51.2 Å². The number of rotatable bonds is 7. The molecule has 3 nitrogen and oxygen atoms in total. The molecular weight excluding hydrogens is 226 g/mol. The highest BCUT2D eigenvalue weighted by Gasteiger charge is 2.01. The minimum atomic E-state index is 0.0383. The van der Waals surface area contributed by atoms with Gasteiger partial charge in [0.05, 0.1) is 0 Å². The van der Waals surface area contributed by atoms with Gasteiger partial charge in [0.2, 0.25) is 0 Å². The minimum Gasteiger partial charge on any atom is -0.492 e. The summed E-state index contributed by atoms with van der Waals surface area (Å²) in [4.78, 5) is 11.5. The summed E-state index contributed by atoms with van der Waals surface area (Å²) >= 11 is 0. The van der Waals surface area contributed by atoms with Crippen molar-refractivity contribution in [2.75, 3.05) is 20.2 Å². The maximum Gasteiger partial charge on any atom is 0.158 e. The number of ketones is 1. The first kappa shape index (κ1) is 14.5. The largest absolute Gasteiger partial charge is 0.492 e. The molecule has 3 heteroatoms. The van der Waals surface area contributed by atoms with Crippen molar-refractivity contribution in [3.63, 3.8) is 0 Å². The van der Waals surface area contributed by atoms with Crippen LogP contribution in [-0.4, -0.2) is 26.0 Å². The third kappa shape index (κ3) is 5.15. The zero-order valence-electron chi connectivity index (χ0n) is 11.3. The molecule has 1 N–H and O–H groups in total. The van der Waals surface area contributed by atoms with Crippen LogP contribution in [0, 0.1) is 5.92 Å². The molecule has 0 aliphatic carbocycles. The van der Waals surface area contributed by atoms with Crippen molar-refractivity contribution in [3.8, 4) is 5.75 Å². The van der Waals surface area contributed by atoms with E-state index in [0.29, 0.717) is 6.61 Å². The number of carbonyl (C=O) groups excluding carboxylic acids is 1. The number of ether oxygens (including phenoxy) is 1. The topological polar surface area (TPSA) is 38.3 Å². The lowest BCUT2D eigenvalue weighted by atomic mass is 10.1. The van der Waals surface area contributed by atoms with Crippen molar-refractivity contribution in [2.45, 2.75) is 13.8 Å². The zero-order valence-corrected chi connectivity index (χ0v) is 11.3. The predicted molar refractivity (Wildman–Crippen MR) is 74.7 cm³/mol. The maximum atomic E-state index is 11.5. The molecule has 98 valence electrons. The highest BCUT2D eigenvalue weighted by atomic mass is 16.5. The van der Waals surface area contributed by atoms with Gasteiger partial charge in [0.15, 0.2) is 5.78 Å². The number of likely N-dealkylation sites (N-methyl/N-ethyl adjacent to an activating group) is 1. The summed E-state index contributed by atoms with van der Waals surface area (Å²) in [6.45, 7) is 5.23. The summed E-state index contributed by atoms with van der Waals surface area (Å²) in [7, 11) is 1.89. The van der Waals surface area contributed by atoms with Crippen LogP contribution < -0.4 is 10.1 Å². The van der Waals surface area contributed by atoms with Crippen LogP contribution in [0.1, 0.15) is 19.4 Å². The number of nitrogens with one attached hydrogen (secondary N) is 1. The number of benzene rings is 1. The van der Waals surface area contributed by atoms with Gasteiger partial charge < -0.3 is 10.1 Å². The predicted octanol–water partition coefficient (Wildman–Crippen LogP) is 2.52. The highest BCUT2D eigenvalue weighted by molar-refractivity contribution is 5.94. The van der Waals surface area contributed by atoms with Crippen LogP contribution in [-0.2, 0) is 4.79 Å². The third-order valence-electron chi connectivity index (χ3n) is 2.49. The van der Waals surface area contributed by atoms with E-state index in [9.17, 15) is 4.79 Å². The zero-order chi connectivity index (χ0) is 13.4. The van der Waals surface area contributed by atoms with Gasteiger partial charge in [-0.15, -0.1) is 0 Å². The van der Waals surface area contributed by atoms with Gasteiger partial charge in [0.1, 0.15) is 12.4 Å². The fourth-order valence-corrected chi connectivity index (χ4v) is 1.35. The van der Waals surface area contributed by atoms with Crippen LogP contribution in [0.5, 0.6) is 5.75 Å². The molecule has 0 saturated carbocycles. The molecule has 0 saturated heterocycles. The Bertz CT molecular complexity index is 411. The third-order valence-corrected chi connectivity index (χ3v) is 2.49. The minimum absolute atomic E-state index is 0.0383. The Morgan fingerprint density at radius 2 is 2.22 bits per heavy atom. The van der Waals surface area contributed by atoms with Crippen molar-refractivity contribution in [1.29, 1.82) is 0 Å². The van der Waals surface area contributed by atoms with E-state index in [2.05, 4.69) is 5.32 Å². The Morgan fingerprint density at radius 1 is 1.44 bits per heavy atom. The van der Waals surface area contributed by atoms with Crippen molar-refractivity contribution in [1.82, 2.24) is 5.32 Å². The van der Waals surface area contributed by atoms with Gasteiger partial charge >= 0.3 is 0 Å². The van der Waals surface area contributed by atoms with E-state index in [1.165, 1.54) is 0 Å². The van der Waals surface area contributed by atoms with Gasteiger partial charge in [-0.2, -0.15) is 0 Å². The van der Waals surface area contributed by atoms with Crippen molar-refractivity contribution in [3.05, 3.63) is 35.9 Å². The van der Waals surface area contributed by atoms with Crippen molar-refractivity contribution in [2.24, 2.45) is 5.92 Å². The van der Waals surface area contributed by atoms with Gasteiger partial charge in [-0.3, -0.25) is 4.79 Å². The normalized spacial score (nSPS) is 11.1. The number of hydrogen-bond donors (Lipinski definition) is 1. The lowest BCUT2D eigenvalue weighted by molar-refractivity contribution is -0.117. The van der Waals surface area contributed by atoms with Crippen LogP contribution in [0.25, 0.3) is 6.08 Å². The average Bonchev–Trinajstić information content (AvgIpc) is 2.36. The molecule has 0 spiro atoms. The molecule has 0 unspecified atom stereocenters. The SMILES string of the molecule is CNCCOc1cccc(/C=C/C(=O)C(C)C)c1. The summed E-state index contributed by atoms with van der Waals surface area (Å²) in [6.07, 6.45) is 3.45. The van der Waals surface area contributed by atoms with Gasteiger partial charge in [-0.1, -0.05) is 32.1 Å². The Labute approximate surface area is 109 Å². The molecule has 1 aromatic carbocycles. The van der Waals surface area contributed by atoms with Crippen LogP contribution in [0.3, 0.4) is 0 Å². The first-order valence-electron chi connectivity index (χ1n) is 6.23. The fraction of sp³-hybridized carbons (Fsp3) is 0.400. The smallest absolute Gasteiger partial charge is 0.158 e. The summed E-state index contributed by atoms with van der Waals surface area (Å²) < 4.78 is 5.56. The Balaban J connectivity index is 2.61. The van der Waals surface area contributed by atoms with E-state index in [0.717, 1.165) is 17.9 Å². The first-order valence-corrected chi connectivity index (χ1v) is 6.23. The standard InChI is InChI=1S/C15H21NO2/c1-12(2)15(17)8-7-13-5-4-6-14(11-13)18-10-9-16-3/h4-8,11-12,16H,9-10H2,1-3H3/b8-7+. The molecule has 0 radical (unpaired) electrons. The van der Waals surface area contributed by atoms with Gasteiger partial charge in [0.25, 0.3) is 0 Å². The molecule has 18 heavy (non-hydrogen) atoms. The van der Waals surface area contributed by atoms with E-state index in [1.54, 1.807) is 6.08 Å². The van der Waals surface area contributed by atoms with E-state index in [-0.39, 0.29) is 11.7 Å². The molecule has 1 aromatic rings. The molecule has 0 fully saturated rings. The molecular formula is C15H21NO2. The lowest BCUT2D eigenvalue weighted by Gasteiger charge is -2.06. The van der Waals surface area contributed by atoms with Gasteiger partial charge in [-0.05, 0) is 30.8 Å². The second kappa shape index (κ2) is 7.67.